The zero-order valence-electron chi connectivity index (χ0n) is 19.6. The number of fused-ring (bicyclic) bond motifs is 1. The lowest BCUT2D eigenvalue weighted by Gasteiger charge is -2.23. The molecule has 4 aromatic rings. The van der Waals surface area contributed by atoms with Crippen molar-refractivity contribution in [2.75, 3.05) is 11.9 Å². The zero-order chi connectivity index (χ0) is 25.1. The minimum absolute atomic E-state index is 0.214. The first-order chi connectivity index (χ1) is 17.5. The van der Waals surface area contributed by atoms with E-state index < -0.39 is 0 Å². The van der Waals surface area contributed by atoms with Gasteiger partial charge >= 0.3 is 0 Å². The van der Waals surface area contributed by atoms with Crippen molar-refractivity contribution in [3.05, 3.63) is 117 Å². The molecule has 1 N–H and O–H groups in total. The summed E-state index contributed by atoms with van der Waals surface area (Å²) in [6, 6.07) is 25.1. The number of hydrogen-bond acceptors (Lipinski definition) is 6. The van der Waals surface area contributed by atoms with Crippen LogP contribution in [-0.4, -0.2) is 31.1 Å². The maximum Gasteiger partial charge on any atom is 0.267 e. The van der Waals surface area contributed by atoms with Gasteiger partial charge in [0.15, 0.2) is 0 Å². The van der Waals surface area contributed by atoms with Crippen LogP contribution >= 0.6 is 24.0 Å². The molecule has 1 fully saturated rings. The third-order valence-electron chi connectivity index (χ3n) is 6.09. The van der Waals surface area contributed by atoms with Crippen molar-refractivity contribution in [3.63, 3.8) is 0 Å². The van der Waals surface area contributed by atoms with Gasteiger partial charge in [0, 0.05) is 12.7 Å². The van der Waals surface area contributed by atoms with Gasteiger partial charge in [0.05, 0.1) is 16.5 Å². The molecule has 6 nitrogen and oxygen atoms in total. The molecule has 1 aliphatic rings. The highest BCUT2D eigenvalue weighted by Crippen LogP contribution is 2.38. The van der Waals surface area contributed by atoms with Crippen molar-refractivity contribution < 1.29 is 4.79 Å². The van der Waals surface area contributed by atoms with Crippen LogP contribution in [0.25, 0.3) is 11.7 Å². The van der Waals surface area contributed by atoms with Crippen LogP contribution in [0.3, 0.4) is 0 Å². The largest absolute Gasteiger partial charge is 0.369 e. The predicted octanol–water partition coefficient (Wildman–Crippen LogP) is 5.31. The van der Waals surface area contributed by atoms with Crippen molar-refractivity contribution in [1.29, 1.82) is 0 Å². The Balaban J connectivity index is 1.49. The molecule has 5 rings (SSSR count). The molecule has 1 saturated heterocycles. The molecule has 1 aliphatic heterocycles. The molecule has 0 aliphatic carbocycles. The molecule has 8 heteroatoms. The lowest BCUT2D eigenvalue weighted by atomic mass is 10.1. The fourth-order valence-corrected chi connectivity index (χ4v) is 5.56. The van der Waals surface area contributed by atoms with Gasteiger partial charge in [-0.1, -0.05) is 90.7 Å². The second-order valence-corrected chi connectivity index (χ2v) is 10.1. The molecule has 2 aromatic carbocycles. The Morgan fingerprint density at radius 3 is 2.44 bits per heavy atom. The lowest BCUT2D eigenvalue weighted by Crippen LogP contribution is -2.31. The standard InChI is InChI=1S/C28H24N4O2S2/c1-19(21-12-6-3-7-13-21)32-27(34)23(36-28(32)35)18-22-25(29-16-15-20-10-4-2-5-11-20)30-24-14-8-9-17-31(24)26(22)33/h2-14,17-19,29H,15-16H2,1H3/b23-18-/t19-/m0/s1. The number of aromatic nitrogens is 2. The van der Waals surface area contributed by atoms with E-state index in [0.717, 1.165) is 12.0 Å². The van der Waals surface area contributed by atoms with Gasteiger partial charge in [-0.3, -0.25) is 18.9 Å². The third-order valence-corrected chi connectivity index (χ3v) is 7.42. The summed E-state index contributed by atoms with van der Waals surface area (Å²) in [6.07, 6.45) is 4.07. The van der Waals surface area contributed by atoms with Gasteiger partial charge in [-0.25, -0.2) is 4.98 Å². The van der Waals surface area contributed by atoms with E-state index in [-0.39, 0.29) is 17.5 Å². The van der Waals surface area contributed by atoms with Crippen molar-refractivity contribution in [2.45, 2.75) is 19.4 Å². The number of carbonyl (C=O) groups excluding carboxylic acids is 1. The first kappa shape index (κ1) is 24.0. The predicted molar refractivity (Wildman–Crippen MR) is 150 cm³/mol. The van der Waals surface area contributed by atoms with E-state index in [1.54, 1.807) is 29.3 Å². The summed E-state index contributed by atoms with van der Waals surface area (Å²) in [5.74, 6) is 0.234. The molecule has 0 unspecified atom stereocenters. The van der Waals surface area contributed by atoms with Gasteiger partial charge in [-0.2, -0.15) is 0 Å². The van der Waals surface area contributed by atoms with Crippen molar-refractivity contribution in [3.8, 4) is 0 Å². The minimum atomic E-state index is -0.246. The Morgan fingerprint density at radius 1 is 1.00 bits per heavy atom. The number of pyridine rings is 1. The number of amides is 1. The van der Waals surface area contributed by atoms with Crippen LogP contribution in [0.2, 0.25) is 0 Å². The highest BCUT2D eigenvalue weighted by atomic mass is 32.2. The minimum Gasteiger partial charge on any atom is -0.369 e. The number of thiocarbonyl (C=S) groups is 1. The number of nitrogens with one attached hydrogen (secondary N) is 1. The second-order valence-electron chi connectivity index (χ2n) is 8.41. The topological polar surface area (TPSA) is 66.7 Å². The average molecular weight is 513 g/mol. The number of nitrogens with zero attached hydrogens (tertiary/aromatic N) is 3. The summed E-state index contributed by atoms with van der Waals surface area (Å²) in [5.41, 5.74) is 2.79. The van der Waals surface area contributed by atoms with Crippen molar-refractivity contribution >= 4 is 51.7 Å². The Kier molecular flexibility index (Phi) is 6.97. The number of benzene rings is 2. The first-order valence-electron chi connectivity index (χ1n) is 11.6. The summed E-state index contributed by atoms with van der Waals surface area (Å²) in [7, 11) is 0. The number of hydrogen-bond donors (Lipinski definition) is 1. The lowest BCUT2D eigenvalue weighted by molar-refractivity contribution is -0.123. The van der Waals surface area contributed by atoms with E-state index in [1.165, 1.54) is 21.7 Å². The van der Waals surface area contributed by atoms with Gasteiger partial charge in [0.1, 0.15) is 15.8 Å². The molecule has 1 atom stereocenters. The number of thioether (sulfide) groups is 1. The first-order valence-corrected chi connectivity index (χ1v) is 12.9. The second kappa shape index (κ2) is 10.5. The van der Waals surface area contributed by atoms with E-state index in [0.29, 0.717) is 32.8 Å². The number of carbonyl (C=O) groups is 1. The van der Waals surface area contributed by atoms with Gasteiger partial charge < -0.3 is 5.32 Å². The SMILES string of the molecule is C[C@@H](c1ccccc1)N1C(=O)/C(=C/c2c(NCCc3ccccc3)nc3ccccn3c2=O)SC1=S. The van der Waals surface area contributed by atoms with Crippen molar-refractivity contribution in [1.82, 2.24) is 14.3 Å². The van der Waals surface area contributed by atoms with E-state index >= 15 is 0 Å². The third kappa shape index (κ3) is 4.82. The summed E-state index contributed by atoms with van der Waals surface area (Å²) < 4.78 is 1.96. The zero-order valence-corrected chi connectivity index (χ0v) is 21.3. The monoisotopic (exact) mass is 512 g/mol. The Bertz CT molecular complexity index is 1520. The summed E-state index contributed by atoms with van der Waals surface area (Å²) in [4.78, 5) is 33.6. The molecule has 3 heterocycles. The summed E-state index contributed by atoms with van der Waals surface area (Å²) in [6.45, 7) is 2.54. The van der Waals surface area contributed by atoms with Crippen LogP contribution in [0, 0.1) is 0 Å². The molecule has 180 valence electrons. The van der Waals surface area contributed by atoms with Crippen LogP contribution < -0.4 is 10.9 Å². The smallest absolute Gasteiger partial charge is 0.267 e. The van der Waals surface area contributed by atoms with Gasteiger partial charge in [0.2, 0.25) is 0 Å². The highest BCUT2D eigenvalue weighted by Gasteiger charge is 2.36. The van der Waals surface area contributed by atoms with Crippen LogP contribution in [0.15, 0.2) is 94.8 Å². The molecular weight excluding hydrogens is 488 g/mol. The fraction of sp³-hybridized carbons (Fsp3) is 0.143. The Labute approximate surface area is 218 Å². The normalized spacial score (nSPS) is 15.6. The molecule has 36 heavy (non-hydrogen) atoms. The number of rotatable bonds is 7. The Morgan fingerprint density at radius 2 is 1.69 bits per heavy atom. The van der Waals surface area contributed by atoms with Gasteiger partial charge in [-0.05, 0) is 42.7 Å². The molecule has 0 saturated carbocycles. The molecule has 0 bridgehead atoms. The van der Waals surface area contributed by atoms with Gasteiger partial charge in [-0.15, -0.1) is 0 Å². The maximum absolute atomic E-state index is 13.5. The average Bonchev–Trinajstić information content (AvgIpc) is 3.19. The van der Waals surface area contributed by atoms with Crippen LogP contribution in [0.5, 0.6) is 0 Å². The number of anilines is 1. The van der Waals surface area contributed by atoms with E-state index in [4.69, 9.17) is 17.2 Å². The fourth-order valence-electron chi connectivity index (χ4n) is 4.16. The Hall–Kier alpha value is -3.75. The van der Waals surface area contributed by atoms with Crippen LogP contribution in [0.1, 0.15) is 29.7 Å². The summed E-state index contributed by atoms with van der Waals surface area (Å²) >= 11 is 6.77. The van der Waals surface area contributed by atoms with Crippen molar-refractivity contribution in [2.24, 2.45) is 0 Å². The molecule has 1 amide bonds. The molecule has 2 aromatic heterocycles. The van der Waals surface area contributed by atoms with E-state index in [2.05, 4.69) is 17.4 Å². The summed E-state index contributed by atoms with van der Waals surface area (Å²) in [5, 5.41) is 3.32. The molecular formula is C28H24N4O2S2. The highest BCUT2D eigenvalue weighted by molar-refractivity contribution is 8.26. The quantitative estimate of drug-likeness (QED) is 0.267. The molecule has 0 spiro atoms. The van der Waals surface area contributed by atoms with Gasteiger partial charge in [0.25, 0.3) is 11.5 Å². The molecule has 0 radical (unpaired) electrons. The van der Waals surface area contributed by atoms with Crippen LogP contribution in [-0.2, 0) is 11.2 Å². The van der Waals surface area contributed by atoms with E-state index in [1.807, 2.05) is 61.5 Å². The maximum atomic E-state index is 13.5. The van der Waals surface area contributed by atoms with Crippen LogP contribution in [0.4, 0.5) is 5.82 Å². The van der Waals surface area contributed by atoms with E-state index in [9.17, 15) is 9.59 Å².